The molecule has 5 aromatic rings. The van der Waals surface area contributed by atoms with Crippen LogP contribution in [0.2, 0.25) is 0 Å². The summed E-state index contributed by atoms with van der Waals surface area (Å²) in [5.41, 5.74) is 14.6. The monoisotopic (exact) mass is 691 g/mol. The Kier molecular flexibility index (Phi) is 16.4. The van der Waals surface area contributed by atoms with Gasteiger partial charge in [-0.3, -0.25) is 9.98 Å². The van der Waals surface area contributed by atoms with E-state index >= 15 is 0 Å². The maximum absolute atomic E-state index is 5.13. The first-order valence-electron chi connectivity index (χ1n) is 17.7. The van der Waals surface area contributed by atoms with Crippen LogP contribution in [0.1, 0.15) is 82.9 Å². The minimum atomic E-state index is 0. The van der Waals surface area contributed by atoms with Crippen LogP contribution in [0.5, 0.6) is 0 Å². The Labute approximate surface area is 306 Å². The Morgan fingerprint density at radius 1 is 0.571 bits per heavy atom. The topological polar surface area (TPSA) is 24.7 Å². The molecule has 0 spiro atoms. The molecule has 0 saturated heterocycles. The van der Waals surface area contributed by atoms with Crippen LogP contribution in [0.4, 0.5) is 11.4 Å². The van der Waals surface area contributed by atoms with Crippen molar-refractivity contribution >= 4 is 23.3 Å². The molecule has 0 atom stereocenters. The van der Waals surface area contributed by atoms with E-state index in [4.69, 9.17) is 9.98 Å². The van der Waals surface area contributed by atoms with Crippen molar-refractivity contribution in [2.24, 2.45) is 9.98 Å². The summed E-state index contributed by atoms with van der Waals surface area (Å²) in [4.78, 5) is 10.1. The van der Waals surface area contributed by atoms with Crippen molar-refractivity contribution in [2.45, 2.75) is 85.5 Å². The Hall–Kier alpha value is -4.07. The molecule has 0 saturated carbocycles. The summed E-state index contributed by atoms with van der Waals surface area (Å²) in [7, 11) is 0. The normalized spacial score (nSPS) is 11.3. The van der Waals surface area contributed by atoms with Crippen molar-refractivity contribution in [1.82, 2.24) is 0 Å². The molecule has 0 radical (unpaired) electrons. The summed E-state index contributed by atoms with van der Waals surface area (Å²) < 4.78 is 0. The average Bonchev–Trinajstić information content (AvgIpc) is 3.12. The molecule has 0 N–H and O–H groups in total. The largest absolute Gasteiger partial charge is 0.358 e. The molecule has 258 valence electrons. The molecular formula is C46H53N2Ni-. The third-order valence-electron chi connectivity index (χ3n) is 8.93. The van der Waals surface area contributed by atoms with Crippen LogP contribution in [0, 0.1) is 7.43 Å². The van der Waals surface area contributed by atoms with Gasteiger partial charge < -0.3 is 7.43 Å². The molecule has 3 heteroatoms. The van der Waals surface area contributed by atoms with E-state index in [0.29, 0.717) is 0 Å². The number of nitrogens with zero attached hydrogens (tertiary/aromatic N) is 2. The molecule has 0 amide bonds. The van der Waals surface area contributed by atoms with E-state index in [1.807, 2.05) is 6.21 Å². The molecule has 2 nitrogen and oxygen atoms in total. The fraction of sp³-hybridized carbons (Fsp3) is 0.283. The number of hydrogen-bond acceptors (Lipinski definition) is 2. The van der Waals surface area contributed by atoms with Gasteiger partial charge in [0.1, 0.15) is 0 Å². The zero-order valence-corrected chi connectivity index (χ0v) is 31.1. The Balaban J connectivity index is 0.00000325. The van der Waals surface area contributed by atoms with Crippen molar-refractivity contribution < 1.29 is 16.5 Å². The van der Waals surface area contributed by atoms with Gasteiger partial charge in [-0.15, -0.1) is 0 Å². The number of aryl methyl sites for hydroxylation is 2. The predicted molar refractivity (Wildman–Crippen MR) is 212 cm³/mol. The Morgan fingerprint density at radius 3 is 1.71 bits per heavy atom. The molecule has 0 aromatic heterocycles. The minimum absolute atomic E-state index is 0. The van der Waals surface area contributed by atoms with E-state index in [1.165, 1.54) is 75.8 Å². The number of benzene rings is 5. The minimum Gasteiger partial charge on any atom is -0.358 e. The summed E-state index contributed by atoms with van der Waals surface area (Å²) in [6.45, 7) is 8.86. The van der Waals surface area contributed by atoms with Crippen LogP contribution < -0.4 is 0 Å². The van der Waals surface area contributed by atoms with E-state index < -0.39 is 0 Å². The summed E-state index contributed by atoms with van der Waals surface area (Å²) in [5, 5.41) is 0. The van der Waals surface area contributed by atoms with Gasteiger partial charge in [0.25, 0.3) is 0 Å². The van der Waals surface area contributed by atoms with Crippen LogP contribution in [0.3, 0.4) is 0 Å². The van der Waals surface area contributed by atoms with Gasteiger partial charge in [0, 0.05) is 22.7 Å². The van der Waals surface area contributed by atoms with E-state index in [9.17, 15) is 0 Å². The second-order valence-corrected chi connectivity index (χ2v) is 12.5. The molecule has 0 aliphatic heterocycles. The van der Waals surface area contributed by atoms with E-state index in [-0.39, 0.29) is 23.9 Å². The first kappa shape index (κ1) is 39.4. The summed E-state index contributed by atoms with van der Waals surface area (Å²) in [6.07, 6.45) is 12.4. The maximum atomic E-state index is 5.13. The summed E-state index contributed by atoms with van der Waals surface area (Å²) in [5.74, 6) is 0. The van der Waals surface area contributed by atoms with Crippen molar-refractivity contribution in [3.05, 3.63) is 139 Å². The molecule has 0 bridgehead atoms. The van der Waals surface area contributed by atoms with Gasteiger partial charge >= 0.3 is 0 Å². The van der Waals surface area contributed by atoms with E-state index in [2.05, 4.69) is 143 Å². The number of rotatable bonds is 15. The van der Waals surface area contributed by atoms with Crippen molar-refractivity contribution in [3.8, 4) is 33.4 Å². The van der Waals surface area contributed by atoms with Crippen LogP contribution in [0.25, 0.3) is 33.4 Å². The molecule has 0 fully saturated rings. The molecule has 5 aromatic carbocycles. The second kappa shape index (κ2) is 20.4. The van der Waals surface area contributed by atoms with E-state index in [1.54, 1.807) is 0 Å². The fourth-order valence-electron chi connectivity index (χ4n) is 6.51. The van der Waals surface area contributed by atoms with Crippen LogP contribution in [-0.2, 0) is 35.8 Å². The van der Waals surface area contributed by atoms with Gasteiger partial charge in [-0.2, -0.15) is 0 Å². The molecular weight excluding hydrogens is 639 g/mol. The standard InChI is InChI=1S/C45H50N2.CH3.Ni/c1-5-8-10-20-28-42-35(7-3)29-40(31-43(42)36-22-14-11-15-23-36)46-33-34(4)47-41-30-39(21-9-6-2)45(38-26-18-13-19-27-38)44(32-41)37-24-16-12-17-25-37;;/h11-19,22-27,29-33H,5-10,20-21,28H2,1-4H3;1H3;/q;-1;. The fourth-order valence-corrected chi connectivity index (χ4v) is 6.51. The van der Waals surface area contributed by atoms with Gasteiger partial charge in [-0.25, -0.2) is 0 Å². The van der Waals surface area contributed by atoms with Crippen molar-refractivity contribution in [2.75, 3.05) is 0 Å². The Bertz CT molecular complexity index is 1770. The quantitative estimate of drug-likeness (QED) is 0.0452. The molecule has 0 aliphatic carbocycles. The average molecular weight is 693 g/mol. The molecule has 0 unspecified atom stereocenters. The van der Waals surface area contributed by atoms with Crippen LogP contribution >= 0.6 is 0 Å². The number of unbranched alkanes of at least 4 members (excludes halogenated alkanes) is 4. The van der Waals surface area contributed by atoms with Crippen LogP contribution in [-0.4, -0.2) is 11.9 Å². The first-order chi connectivity index (χ1) is 23.1. The Morgan fingerprint density at radius 2 is 1.12 bits per heavy atom. The van der Waals surface area contributed by atoms with E-state index in [0.717, 1.165) is 49.2 Å². The smallest absolute Gasteiger partial charge is 0.0642 e. The third kappa shape index (κ3) is 10.7. The van der Waals surface area contributed by atoms with Crippen molar-refractivity contribution in [3.63, 3.8) is 0 Å². The zero-order valence-electron chi connectivity index (χ0n) is 30.1. The number of hydrogen-bond donors (Lipinski definition) is 0. The van der Waals surface area contributed by atoms with Gasteiger partial charge in [-0.1, -0.05) is 137 Å². The SMILES string of the molecule is CCCCCCc1c(CC)cc(N=CC(C)=Nc2cc(CCCC)c(-c3ccccc3)c(-c3ccccc3)c2)cc1-c1ccccc1.[CH3-].[Ni]. The maximum Gasteiger partial charge on any atom is 0.0642 e. The van der Waals surface area contributed by atoms with Gasteiger partial charge in [0.15, 0.2) is 0 Å². The van der Waals surface area contributed by atoms with Gasteiger partial charge in [-0.05, 0) is 113 Å². The molecule has 0 heterocycles. The van der Waals surface area contributed by atoms with Crippen molar-refractivity contribution in [1.29, 1.82) is 0 Å². The summed E-state index contributed by atoms with van der Waals surface area (Å²) >= 11 is 0. The zero-order chi connectivity index (χ0) is 32.8. The van der Waals surface area contributed by atoms with Gasteiger partial charge in [0.05, 0.1) is 17.1 Å². The first-order valence-corrected chi connectivity index (χ1v) is 17.7. The molecule has 0 aliphatic rings. The number of aliphatic imine (C=N–C) groups is 2. The van der Waals surface area contributed by atoms with Crippen LogP contribution in [0.15, 0.2) is 125 Å². The molecule has 5 rings (SSSR count). The third-order valence-corrected chi connectivity index (χ3v) is 8.93. The summed E-state index contributed by atoms with van der Waals surface area (Å²) in [6, 6.07) is 41.5. The second-order valence-electron chi connectivity index (χ2n) is 12.5. The van der Waals surface area contributed by atoms with Gasteiger partial charge in [0.2, 0.25) is 0 Å². The molecule has 49 heavy (non-hydrogen) atoms. The predicted octanol–water partition coefficient (Wildman–Crippen LogP) is 13.7.